The van der Waals surface area contributed by atoms with Crippen LogP contribution in [-0.4, -0.2) is 19.7 Å². The summed E-state index contributed by atoms with van der Waals surface area (Å²) < 4.78 is 1.57. The molecule has 0 aliphatic carbocycles. The van der Waals surface area contributed by atoms with Gasteiger partial charge in [-0.3, -0.25) is 14.8 Å². The van der Waals surface area contributed by atoms with Crippen LogP contribution in [0, 0.1) is 17.0 Å². The molecule has 2 aromatic rings. The molecule has 0 saturated heterocycles. The molecule has 0 radical (unpaired) electrons. The van der Waals surface area contributed by atoms with Crippen LogP contribution < -0.4 is 11.1 Å². The van der Waals surface area contributed by atoms with E-state index in [-0.39, 0.29) is 5.69 Å². The second-order valence-electron chi connectivity index (χ2n) is 4.15. The van der Waals surface area contributed by atoms with Crippen LogP contribution in [0.25, 0.3) is 0 Å². The maximum absolute atomic E-state index is 10.7. The summed E-state index contributed by atoms with van der Waals surface area (Å²) in [6.45, 7) is 2.13. The van der Waals surface area contributed by atoms with Gasteiger partial charge in [0.25, 0.3) is 5.69 Å². The highest BCUT2D eigenvalue weighted by molar-refractivity contribution is 5.48. The normalized spacial score (nSPS) is 10.4. The Morgan fingerprint density at radius 1 is 1.53 bits per heavy atom. The minimum absolute atomic E-state index is 0.00596. The predicted octanol–water partition coefficient (Wildman–Crippen LogP) is 1.23. The minimum Gasteiger partial charge on any atom is -0.384 e. The largest absolute Gasteiger partial charge is 0.384 e. The third-order valence-corrected chi connectivity index (χ3v) is 2.80. The van der Waals surface area contributed by atoms with Gasteiger partial charge in [-0.15, -0.1) is 0 Å². The zero-order valence-electron chi connectivity index (χ0n) is 10.6. The molecule has 0 aliphatic rings. The van der Waals surface area contributed by atoms with Crippen molar-refractivity contribution in [2.75, 3.05) is 11.1 Å². The van der Waals surface area contributed by atoms with Crippen molar-refractivity contribution >= 4 is 17.3 Å². The highest BCUT2D eigenvalue weighted by atomic mass is 16.6. The Morgan fingerprint density at radius 2 is 2.26 bits per heavy atom. The van der Waals surface area contributed by atoms with Gasteiger partial charge in [0, 0.05) is 24.7 Å². The Labute approximate surface area is 109 Å². The number of aryl methyl sites for hydroxylation is 2. The van der Waals surface area contributed by atoms with Crippen molar-refractivity contribution in [3.05, 3.63) is 39.7 Å². The van der Waals surface area contributed by atoms with Crippen molar-refractivity contribution in [2.24, 2.45) is 7.05 Å². The molecule has 0 fully saturated rings. The Hall–Kier alpha value is -2.64. The maximum Gasteiger partial charge on any atom is 0.290 e. The monoisotopic (exact) mass is 262 g/mol. The number of anilines is 2. The van der Waals surface area contributed by atoms with Crippen LogP contribution in [0.15, 0.2) is 18.5 Å². The molecule has 0 amide bonds. The first-order valence-electron chi connectivity index (χ1n) is 5.60. The standard InChI is InChI=1S/C11H14N6O2/c1-7-3-10(14-6-9(7)17(18)19)13-4-8-5-15-16(2)11(8)12/h3,5-6H,4,12H2,1-2H3,(H,13,14). The molecule has 0 aromatic carbocycles. The maximum atomic E-state index is 10.7. The second kappa shape index (κ2) is 4.92. The summed E-state index contributed by atoms with van der Waals surface area (Å²) in [7, 11) is 1.76. The van der Waals surface area contributed by atoms with Crippen LogP contribution in [-0.2, 0) is 13.6 Å². The van der Waals surface area contributed by atoms with Crippen molar-refractivity contribution in [3.8, 4) is 0 Å². The lowest BCUT2D eigenvalue weighted by Crippen LogP contribution is -2.05. The fraction of sp³-hybridized carbons (Fsp3) is 0.273. The molecule has 0 spiro atoms. The SMILES string of the molecule is Cc1cc(NCc2cnn(C)c2N)ncc1[N+](=O)[O-]. The van der Waals surface area contributed by atoms with E-state index in [1.54, 1.807) is 30.9 Å². The van der Waals surface area contributed by atoms with Crippen LogP contribution in [0.1, 0.15) is 11.1 Å². The van der Waals surface area contributed by atoms with Crippen LogP contribution >= 0.6 is 0 Å². The highest BCUT2D eigenvalue weighted by Crippen LogP contribution is 2.19. The van der Waals surface area contributed by atoms with Crippen LogP contribution in [0.5, 0.6) is 0 Å². The quantitative estimate of drug-likeness (QED) is 0.633. The molecule has 0 bridgehead atoms. The predicted molar refractivity (Wildman–Crippen MR) is 70.6 cm³/mol. The third kappa shape index (κ3) is 2.62. The van der Waals surface area contributed by atoms with E-state index in [1.165, 1.54) is 6.20 Å². The fourth-order valence-electron chi connectivity index (χ4n) is 1.65. The molecule has 2 rings (SSSR count). The smallest absolute Gasteiger partial charge is 0.290 e. The number of nitrogens with zero attached hydrogens (tertiary/aromatic N) is 4. The Kier molecular flexibility index (Phi) is 3.32. The first-order valence-corrected chi connectivity index (χ1v) is 5.60. The van der Waals surface area contributed by atoms with Gasteiger partial charge in [-0.05, 0) is 13.0 Å². The summed E-state index contributed by atoms with van der Waals surface area (Å²) in [6, 6.07) is 1.63. The number of aromatic nitrogens is 3. The molecule has 8 nitrogen and oxygen atoms in total. The van der Waals surface area contributed by atoms with Gasteiger partial charge < -0.3 is 11.1 Å². The van der Waals surface area contributed by atoms with Crippen molar-refractivity contribution in [1.82, 2.24) is 14.8 Å². The number of pyridine rings is 1. The summed E-state index contributed by atoms with van der Waals surface area (Å²) in [5.41, 5.74) is 7.22. The Bertz CT molecular complexity index is 622. The van der Waals surface area contributed by atoms with Crippen molar-refractivity contribution in [1.29, 1.82) is 0 Å². The van der Waals surface area contributed by atoms with E-state index >= 15 is 0 Å². The van der Waals surface area contributed by atoms with E-state index in [0.29, 0.717) is 23.7 Å². The van der Waals surface area contributed by atoms with Crippen LogP contribution in [0.2, 0.25) is 0 Å². The molecule has 2 aromatic heterocycles. The summed E-state index contributed by atoms with van der Waals surface area (Å²) in [6.07, 6.45) is 2.91. The molecule has 2 heterocycles. The zero-order chi connectivity index (χ0) is 14.0. The van der Waals surface area contributed by atoms with Crippen LogP contribution in [0.4, 0.5) is 17.3 Å². The van der Waals surface area contributed by atoms with Gasteiger partial charge in [-0.1, -0.05) is 0 Å². The Morgan fingerprint density at radius 3 is 2.79 bits per heavy atom. The molecule has 3 N–H and O–H groups in total. The van der Waals surface area contributed by atoms with Gasteiger partial charge in [-0.25, -0.2) is 4.98 Å². The van der Waals surface area contributed by atoms with E-state index in [0.717, 1.165) is 5.56 Å². The average Bonchev–Trinajstić information content (AvgIpc) is 2.67. The van der Waals surface area contributed by atoms with Gasteiger partial charge in [0.2, 0.25) is 0 Å². The number of rotatable bonds is 4. The van der Waals surface area contributed by atoms with E-state index in [1.807, 2.05) is 0 Å². The van der Waals surface area contributed by atoms with Crippen molar-refractivity contribution in [3.63, 3.8) is 0 Å². The first-order chi connectivity index (χ1) is 8.99. The van der Waals surface area contributed by atoms with Crippen molar-refractivity contribution in [2.45, 2.75) is 13.5 Å². The summed E-state index contributed by atoms with van der Waals surface area (Å²) in [5, 5.41) is 17.8. The molecule has 8 heteroatoms. The average molecular weight is 262 g/mol. The molecule has 19 heavy (non-hydrogen) atoms. The molecule has 0 atom stereocenters. The van der Waals surface area contributed by atoms with Gasteiger partial charge in [0.15, 0.2) is 0 Å². The van der Waals surface area contributed by atoms with Gasteiger partial charge in [0.1, 0.15) is 17.8 Å². The fourth-order valence-corrected chi connectivity index (χ4v) is 1.65. The van der Waals surface area contributed by atoms with E-state index in [2.05, 4.69) is 15.4 Å². The second-order valence-corrected chi connectivity index (χ2v) is 4.15. The number of nitrogens with one attached hydrogen (secondary N) is 1. The lowest BCUT2D eigenvalue weighted by Gasteiger charge is -2.06. The lowest BCUT2D eigenvalue weighted by atomic mass is 10.2. The number of nitro groups is 1. The van der Waals surface area contributed by atoms with E-state index in [9.17, 15) is 10.1 Å². The summed E-state index contributed by atoms with van der Waals surface area (Å²) >= 11 is 0. The lowest BCUT2D eigenvalue weighted by molar-refractivity contribution is -0.385. The molecule has 0 aliphatic heterocycles. The van der Waals surface area contributed by atoms with Gasteiger partial charge >= 0.3 is 0 Å². The summed E-state index contributed by atoms with van der Waals surface area (Å²) in [5.74, 6) is 1.14. The topological polar surface area (TPSA) is 112 Å². The van der Waals surface area contributed by atoms with Gasteiger partial charge in [-0.2, -0.15) is 5.10 Å². The molecular weight excluding hydrogens is 248 g/mol. The number of nitrogen functional groups attached to an aromatic ring is 1. The third-order valence-electron chi connectivity index (χ3n) is 2.80. The number of hydrogen-bond acceptors (Lipinski definition) is 6. The zero-order valence-corrected chi connectivity index (χ0v) is 10.6. The van der Waals surface area contributed by atoms with Crippen LogP contribution in [0.3, 0.4) is 0 Å². The first kappa shape index (κ1) is 12.8. The van der Waals surface area contributed by atoms with E-state index in [4.69, 9.17) is 5.73 Å². The highest BCUT2D eigenvalue weighted by Gasteiger charge is 2.11. The minimum atomic E-state index is -0.453. The molecular formula is C11H14N6O2. The Balaban J connectivity index is 2.10. The molecule has 0 unspecified atom stereocenters. The molecule has 100 valence electrons. The molecule has 0 saturated carbocycles. The van der Waals surface area contributed by atoms with E-state index < -0.39 is 4.92 Å². The number of nitrogens with two attached hydrogens (primary N) is 1. The van der Waals surface area contributed by atoms with Gasteiger partial charge in [0.05, 0.1) is 11.1 Å². The number of hydrogen-bond donors (Lipinski definition) is 2. The van der Waals surface area contributed by atoms with Crippen molar-refractivity contribution < 1.29 is 4.92 Å². The summed E-state index contributed by atoms with van der Waals surface area (Å²) in [4.78, 5) is 14.2.